The van der Waals surface area contributed by atoms with Gasteiger partial charge in [-0.15, -0.1) is 0 Å². The van der Waals surface area contributed by atoms with Crippen molar-refractivity contribution in [3.05, 3.63) is 60.4 Å². The number of anilines is 2. The second-order valence-corrected chi connectivity index (χ2v) is 7.54. The summed E-state index contributed by atoms with van der Waals surface area (Å²) >= 11 is 0. The smallest absolute Gasteiger partial charge is 0.278 e. The van der Waals surface area contributed by atoms with Crippen LogP contribution in [0.15, 0.2) is 53.6 Å². The fourth-order valence-electron chi connectivity index (χ4n) is 2.93. The van der Waals surface area contributed by atoms with Crippen molar-refractivity contribution in [3.63, 3.8) is 0 Å². The Balaban J connectivity index is 0.00000103. The Morgan fingerprint density at radius 1 is 0.971 bits per heavy atom. The van der Waals surface area contributed by atoms with Gasteiger partial charge in [0.05, 0.1) is 19.0 Å². The van der Waals surface area contributed by atoms with Gasteiger partial charge in [-0.05, 0) is 11.1 Å². The van der Waals surface area contributed by atoms with Crippen molar-refractivity contribution in [2.45, 2.75) is 33.1 Å². The molecule has 0 amide bonds. The van der Waals surface area contributed by atoms with Crippen LogP contribution in [-0.4, -0.2) is 50.3 Å². The van der Waals surface area contributed by atoms with Crippen molar-refractivity contribution >= 4 is 11.8 Å². The molecule has 3 N–H and O–H groups in total. The molecule has 178 valence electrons. The first kappa shape index (κ1) is 24.7. The van der Waals surface area contributed by atoms with E-state index in [9.17, 15) is 0 Å². The Morgan fingerprint density at radius 2 is 1.68 bits per heavy atom. The first-order valence-corrected chi connectivity index (χ1v) is 11.1. The van der Waals surface area contributed by atoms with Gasteiger partial charge < -0.3 is 20.3 Å². The predicted molar refractivity (Wildman–Crippen MR) is 131 cm³/mol. The summed E-state index contributed by atoms with van der Waals surface area (Å²) in [6.45, 7) is 7.50. The molecule has 34 heavy (non-hydrogen) atoms. The summed E-state index contributed by atoms with van der Waals surface area (Å²) in [5, 5.41) is 7.23. The van der Waals surface area contributed by atoms with Crippen LogP contribution in [-0.2, 0) is 4.74 Å². The molecule has 0 saturated carbocycles. The van der Waals surface area contributed by atoms with E-state index in [0.29, 0.717) is 36.4 Å². The van der Waals surface area contributed by atoms with Crippen molar-refractivity contribution in [1.82, 2.24) is 30.1 Å². The molecule has 0 radical (unpaired) electrons. The number of benzene rings is 1. The number of rotatable bonds is 8. The van der Waals surface area contributed by atoms with Crippen molar-refractivity contribution in [2.24, 2.45) is 0 Å². The maximum absolute atomic E-state index is 5.55. The van der Waals surface area contributed by atoms with Gasteiger partial charge in [-0.3, -0.25) is 0 Å². The van der Waals surface area contributed by atoms with E-state index in [0.717, 1.165) is 16.7 Å². The molecule has 1 atom stereocenters. The van der Waals surface area contributed by atoms with Gasteiger partial charge in [0.25, 0.3) is 5.89 Å². The van der Waals surface area contributed by atoms with Crippen molar-refractivity contribution in [3.8, 4) is 22.7 Å². The van der Waals surface area contributed by atoms with Gasteiger partial charge in [0, 0.05) is 37.5 Å². The molecule has 0 aliphatic carbocycles. The van der Waals surface area contributed by atoms with E-state index in [2.05, 4.69) is 49.2 Å². The summed E-state index contributed by atoms with van der Waals surface area (Å²) in [5.74, 6) is 1.75. The SMILES string of the molecule is CCC.COCCNc1cnc(-c2nc(C(C)c3ccc(-c4cnc(N)nc4)cc3)no2)cn1. The third kappa shape index (κ3) is 6.55. The van der Waals surface area contributed by atoms with E-state index < -0.39 is 0 Å². The van der Waals surface area contributed by atoms with Gasteiger partial charge in [0.2, 0.25) is 5.95 Å². The highest BCUT2D eigenvalue weighted by Gasteiger charge is 2.18. The van der Waals surface area contributed by atoms with Crippen LogP contribution < -0.4 is 11.1 Å². The number of hydrogen-bond acceptors (Lipinski definition) is 10. The summed E-state index contributed by atoms with van der Waals surface area (Å²) in [5.41, 5.74) is 9.01. The molecule has 1 unspecified atom stereocenters. The third-order valence-electron chi connectivity index (χ3n) is 4.73. The molecular formula is C24H30N8O2. The summed E-state index contributed by atoms with van der Waals surface area (Å²) in [4.78, 5) is 21.2. The molecule has 0 saturated heterocycles. The van der Waals surface area contributed by atoms with Crippen molar-refractivity contribution in [2.75, 3.05) is 31.3 Å². The second-order valence-electron chi connectivity index (χ2n) is 7.54. The highest BCUT2D eigenvalue weighted by molar-refractivity contribution is 5.62. The van der Waals surface area contributed by atoms with Crippen LogP contribution >= 0.6 is 0 Å². The lowest BCUT2D eigenvalue weighted by Crippen LogP contribution is -2.09. The lowest BCUT2D eigenvalue weighted by atomic mass is 9.98. The number of ether oxygens (including phenoxy) is 1. The predicted octanol–water partition coefficient (Wildman–Crippen LogP) is 4.19. The van der Waals surface area contributed by atoms with E-state index >= 15 is 0 Å². The zero-order valence-electron chi connectivity index (χ0n) is 19.9. The molecule has 3 heterocycles. The van der Waals surface area contributed by atoms with Gasteiger partial charge in [-0.25, -0.2) is 19.9 Å². The van der Waals surface area contributed by atoms with Crippen LogP contribution in [0.1, 0.15) is 44.5 Å². The Hall–Kier alpha value is -3.92. The van der Waals surface area contributed by atoms with Crippen molar-refractivity contribution < 1.29 is 9.26 Å². The van der Waals surface area contributed by atoms with Crippen molar-refractivity contribution in [1.29, 1.82) is 0 Å². The number of nitrogens with zero attached hydrogens (tertiary/aromatic N) is 6. The minimum atomic E-state index is -0.0582. The zero-order chi connectivity index (χ0) is 24.3. The van der Waals surface area contributed by atoms with E-state index in [-0.39, 0.29) is 11.9 Å². The average Bonchev–Trinajstić information content (AvgIpc) is 3.36. The monoisotopic (exact) mass is 462 g/mol. The highest BCUT2D eigenvalue weighted by Crippen LogP contribution is 2.26. The molecule has 4 aromatic rings. The largest absolute Gasteiger partial charge is 0.383 e. The fraction of sp³-hybridized carbons (Fsp3) is 0.333. The fourth-order valence-corrected chi connectivity index (χ4v) is 2.93. The molecule has 0 aliphatic rings. The molecule has 3 aromatic heterocycles. The Morgan fingerprint density at radius 3 is 2.29 bits per heavy atom. The molecule has 0 bridgehead atoms. The maximum Gasteiger partial charge on any atom is 0.278 e. The molecule has 0 fully saturated rings. The molecule has 0 aliphatic heterocycles. The van der Waals surface area contributed by atoms with E-state index in [1.807, 2.05) is 31.2 Å². The number of nitrogens with two attached hydrogens (primary N) is 1. The number of nitrogens with one attached hydrogen (secondary N) is 1. The zero-order valence-corrected chi connectivity index (χ0v) is 19.9. The number of methoxy groups -OCH3 is 1. The van der Waals surface area contributed by atoms with Crippen LogP contribution in [0, 0.1) is 0 Å². The van der Waals surface area contributed by atoms with Crippen LogP contribution in [0.5, 0.6) is 0 Å². The first-order valence-electron chi connectivity index (χ1n) is 11.1. The standard InChI is InChI=1S/C21H22N8O2.C3H8/c1-13(14-3-5-15(6-4-14)16-9-26-21(22)27-10-16)19-28-20(31-29-19)17-11-25-18(12-24-17)23-7-8-30-2;1-3-2/h3-6,9-13H,7-8H2,1-2H3,(H,23,25)(H2,22,26,27);3H2,1-2H3. The summed E-state index contributed by atoms with van der Waals surface area (Å²) in [7, 11) is 1.65. The number of nitrogen functional groups attached to an aromatic ring is 1. The first-order chi connectivity index (χ1) is 16.5. The Labute approximate surface area is 199 Å². The van der Waals surface area contributed by atoms with Crippen LogP contribution in [0.25, 0.3) is 22.7 Å². The molecule has 4 rings (SSSR count). The molecule has 0 spiro atoms. The summed E-state index contributed by atoms with van der Waals surface area (Å²) < 4.78 is 10.4. The maximum atomic E-state index is 5.55. The lowest BCUT2D eigenvalue weighted by Gasteiger charge is -2.08. The minimum absolute atomic E-state index is 0.0582. The van der Waals surface area contributed by atoms with Gasteiger partial charge in [0.1, 0.15) is 11.5 Å². The number of hydrogen-bond donors (Lipinski definition) is 2. The molecule has 1 aromatic carbocycles. The summed E-state index contributed by atoms with van der Waals surface area (Å²) in [6, 6.07) is 8.05. The molecule has 10 nitrogen and oxygen atoms in total. The van der Waals surface area contributed by atoms with Gasteiger partial charge in [0.15, 0.2) is 5.82 Å². The van der Waals surface area contributed by atoms with Crippen LogP contribution in [0.4, 0.5) is 11.8 Å². The summed E-state index contributed by atoms with van der Waals surface area (Å²) in [6.07, 6.45) is 7.87. The van der Waals surface area contributed by atoms with E-state index in [1.54, 1.807) is 31.9 Å². The Kier molecular flexibility index (Phi) is 8.98. The van der Waals surface area contributed by atoms with Gasteiger partial charge >= 0.3 is 0 Å². The quantitative estimate of drug-likeness (QED) is 0.366. The second kappa shape index (κ2) is 12.4. The lowest BCUT2D eigenvalue weighted by molar-refractivity contribution is 0.210. The van der Waals surface area contributed by atoms with Crippen LogP contribution in [0.3, 0.4) is 0 Å². The van der Waals surface area contributed by atoms with Gasteiger partial charge in [-0.1, -0.05) is 56.6 Å². The third-order valence-corrected chi connectivity index (χ3v) is 4.73. The Bertz CT molecular complexity index is 1130. The van der Waals surface area contributed by atoms with E-state index in [1.165, 1.54) is 6.42 Å². The van der Waals surface area contributed by atoms with E-state index in [4.69, 9.17) is 15.0 Å². The van der Waals surface area contributed by atoms with Gasteiger partial charge in [-0.2, -0.15) is 4.98 Å². The highest BCUT2D eigenvalue weighted by atomic mass is 16.5. The average molecular weight is 463 g/mol. The molecular weight excluding hydrogens is 432 g/mol. The van der Waals surface area contributed by atoms with Crippen LogP contribution in [0.2, 0.25) is 0 Å². The molecule has 10 heteroatoms. The normalized spacial score (nSPS) is 11.4. The topological polar surface area (TPSA) is 138 Å². The number of aromatic nitrogens is 6. The minimum Gasteiger partial charge on any atom is -0.383 e.